The van der Waals surface area contributed by atoms with E-state index in [0.717, 1.165) is 29.4 Å². The molecule has 4 rings (SSSR count). The van der Waals surface area contributed by atoms with Gasteiger partial charge in [-0.1, -0.05) is 41.9 Å². The van der Waals surface area contributed by atoms with Crippen LogP contribution in [0.1, 0.15) is 46.4 Å². The number of allylic oxidation sites excluding steroid dienone is 1. The van der Waals surface area contributed by atoms with Gasteiger partial charge in [-0.05, 0) is 51.3 Å². The first kappa shape index (κ1) is 23.0. The Bertz CT molecular complexity index is 1420. The summed E-state index contributed by atoms with van der Waals surface area (Å²) in [5, 5.41) is 8.77. The molecule has 1 N–H and O–H groups in total. The molecule has 172 valence electrons. The molecule has 1 aliphatic heterocycles. The molecule has 0 unspecified atom stereocenters. The molecule has 0 spiro atoms. The first-order chi connectivity index (χ1) is 15.8. The minimum Gasteiger partial charge on any atom is -0.368 e. The van der Waals surface area contributed by atoms with E-state index in [1.165, 1.54) is 5.57 Å². The van der Waals surface area contributed by atoms with Gasteiger partial charge in [-0.2, -0.15) is 4.98 Å². The lowest BCUT2D eigenvalue weighted by molar-refractivity contribution is 0.394. The topological polar surface area (TPSA) is 85.3 Å². The van der Waals surface area contributed by atoms with Crippen molar-refractivity contribution in [2.75, 3.05) is 0 Å². The number of aromatic nitrogens is 3. The van der Waals surface area contributed by atoms with Crippen LogP contribution in [0.3, 0.4) is 0 Å². The predicted molar refractivity (Wildman–Crippen MR) is 130 cm³/mol. The predicted octanol–water partition coefficient (Wildman–Crippen LogP) is 3.97. The fraction of sp³-hybridized carbons (Fsp3) is 0.360. The number of hydrogen-bond donors (Lipinski definition) is 1. The highest BCUT2D eigenvalue weighted by atomic mass is 35.5. The second-order valence-corrected chi connectivity index (χ2v) is 8.75. The lowest BCUT2D eigenvalue weighted by atomic mass is 10.0. The van der Waals surface area contributed by atoms with Gasteiger partial charge in [0.05, 0.1) is 0 Å². The summed E-state index contributed by atoms with van der Waals surface area (Å²) in [6.45, 7) is 10.5. The zero-order chi connectivity index (χ0) is 23.7. The molecule has 0 atom stereocenters. The average molecular weight is 466 g/mol. The van der Waals surface area contributed by atoms with Crippen molar-refractivity contribution < 1.29 is 4.52 Å². The molecule has 0 fully saturated rings. The lowest BCUT2D eigenvalue weighted by Crippen LogP contribution is -2.44. The van der Waals surface area contributed by atoms with Gasteiger partial charge in [-0.3, -0.25) is 9.36 Å². The average Bonchev–Trinajstić information content (AvgIpc) is 3.13. The molecule has 3 heterocycles. The number of halogens is 1. The van der Waals surface area contributed by atoms with Crippen LogP contribution in [0.2, 0.25) is 5.02 Å². The van der Waals surface area contributed by atoms with Gasteiger partial charge in [-0.15, -0.1) is 0 Å². The third kappa shape index (κ3) is 4.50. The van der Waals surface area contributed by atoms with Gasteiger partial charge in [0.1, 0.15) is 11.3 Å². The number of benzene rings is 1. The van der Waals surface area contributed by atoms with E-state index < -0.39 is 0 Å². The second kappa shape index (κ2) is 9.35. The van der Waals surface area contributed by atoms with Crippen molar-refractivity contribution in [2.45, 2.75) is 60.0 Å². The highest BCUT2D eigenvalue weighted by Crippen LogP contribution is 2.29. The number of fused-ring (bicyclic) bond motifs is 1. The minimum absolute atomic E-state index is 0.123. The summed E-state index contributed by atoms with van der Waals surface area (Å²) in [5.41, 5.74) is 3.71. The van der Waals surface area contributed by atoms with E-state index in [0.29, 0.717) is 39.9 Å². The van der Waals surface area contributed by atoms with Crippen LogP contribution in [0.25, 0.3) is 28.6 Å². The molecule has 3 aromatic rings. The van der Waals surface area contributed by atoms with Crippen molar-refractivity contribution in [3.63, 3.8) is 0 Å². The summed E-state index contributed by atoms with van der Waals surface area (Å²) in [7, 11) is 0. The molecule has 1 aliphatic rings. The van der Waals surface area contributed by atoms with Gasteiger partial charge >= 0.3 is 0 Å². The highest BCUT2D eigenvalue weighted by molar-refractivity contribution is 6.33. The number of nitrogens with one attached hydrogen (secondary N) is 1. The fourth-order valence-electron chi connectivity index (χ4n) is 3.96. The smallest absolute Gasteiger partial charge is 0.260 e. The molecule has 0 radical (unpaired) electrons. The van der Waals surface area contributed by atoms with Crippen molar-refractivity contribution in [1.29, 1.82) is 0 Å². The quantitative estimate of drug-likeness (QED) is 0.595. The Hall–Kier alpha value is -3.19. The minimum atomic E-state index is -0.123. The van der Waals surface area contributed by atoms with E-state index in [9.17, 15) is 4.79 Å². The number of aryl methyl sites for hydroxylation is 1. The van der Waals surface area contributed by atoms with Crippen LogP contribution in [0.5, 0.6) is 0 Å². The number of pyridine rings is 1. The molecular formula is C25H28ClN5O2. The summed E-state index contributed by atoms with van der Waals surface area (Å²) in [6.07, 6.45) is 3.80. The molecule has 0 amide bonds. The Morgan fingerprint density at radius 1 is 1.21 bits per heavy atom. The van der Waals surface area contributed by atoms with Gasteiger partial charge in [0.2, 0.25) is 11.7 Å². The summed E-state index contributed by atoms with van der Waals surface area (Å²) < 4.78 is 6.78. The monoisotopic (exact) mass is 465 g/mol. The number of hydrogen-bond acceptors (Lipinski definition) is 6. The van der Waals surface area contributed by atoms with Crippen LogP contribution in [0, 0.1) is 6.92 Å². The van der Waals surface area contributed by atoms with Crippen molar-refractivity contribution >= 4 is 17.7 Å². The molecule has 7 nitrogen and oxygen atoms in total. The Morgan fingerprint density at radius 2 is 2.00 bits per heavy atom. The summed E-state index contributed by atoms with van der Waals surface area (Å²) in [5.74, 6) is 1.80. The van der Waals surface area contributed by atoms with E-state index in [1.807, 2.05) is 25.1 Å². The molecule has 0 saturated heterocycles. The summed E-state index contributed by atoms with van der Waals surface area (Å²) in [4.78, 5) is 22.7. The molecular weight excluding hydrogens is 438 g/mol. The molecule has 8 heteroatoms. The third-order valence-electron chi connectivity index (χ3n) is 5.62. The number of rotatable bonds is 6. The Labute approximate surface area is 197 Å². The molecule has 1 aromatic carbocycles. The van der Waals surface area contributed by atoms with Crippen LogP contribution in [0.15, 0.2) is 50.0 Å². The second-order valence-electron chi connectivity index (χ2n) is 8.34. The zero-order valence-electron chi connectivity index (χ0n) is 19.6. The first-order valence-electron chi connectivity index (χ1n) is 11.2. The van der Waals surface area contributed by atoms with Crippen LogP contribution >= 0.6 is 11.6 Å². The maximum Gasteiger partial charge on any atom is 0.260 e. The SMILES string of the molecule is CCC1=C(NC(C)C)N=c2c(cc(-c3ccc(-c4noc(C)n4)cc3Cl)c(=O)n2CC)=CC1. The lowest BCUT2D eigenvalue weighted by Gasteiger charge is -2.14. The largest absolute Gasteiger partial charge is 0.368 e. The van der Waals surface area contributed by atoms with Gasteiger partial charge in [0.15, 0.2) is 0 Å². The Balaban J connectivity index is 1.89. The van der Waals surface area contributed by atoms with E-state index >= 15 is 0 Å². The summed E-state index contributed by atoms with van der Waals surface area (Å²) in [6, 6.07) is 7.59. The van der Waals surface area contributed by atoms with E-state index in [-0.39, 0.29) is 11.6 Å². The zero-order valence-corrected chi connectivity index (χ0v) is 20.3. The van der Waals surface area contributed by atoms with Crippen LogP contribution in [-0.2, 0) is 6.54 Å². The number of nitrogens with zero attached hydrogens (tertiary/aromatic N) is 4. The van der Waals surface area contributed by atoms with Crippen molar-refractivity contribution in [2.24, 2.45) is 4.99 Å². The molecule has 0 saturated carbocycles. The molecule has 33 heavy (non-hydrogen) atoms. The van der Waals surface area contributed by atoms with Gasteiger partial charge in [-0.25, -0.2) is 4.99 Å². The van der Waals surface area contributed by atoms with Crippen LogP contribution < -0.4 is 21.6 Å². The Kier molecular flexibility index (Phi) is 6.51. The van der Waals surface area contributed by atoms with E-state index in [4.69, 9.17) is 21.1 Å². The Morgan fingerprint density at radius 3 is 2.61 bits per heavy atom. The van der Waals surface area contributed by atoms with Gasteiger partial charge < -0.3 is 9.84 Å². The van der Waals surface area contributed by atoms with E-state index in [1.54, 1.807) is 17.6 Å². The van der Waals surface area contributed by atoms with Crippen molar-refractivity contribution in [3.8, 4) is 22.5 Å². The third-order valence-corrected chi connectivity index (χ3v) is 5.94. The normalized spacial score (nSPS) is 13.4. The van der Waals surface area contributed by atoms with Gasteiger partial charge in [0.25, 0.3) is 5.56 Å². The van der Waals surface area contributed by atoms with Crippen molar-refractivity contribution in [1.82, 2.24) is 20.0 Å². The fourth-order valence-corrected chi connectivity index (χ4v) is 4.25. The standard InChI is InChI=1S/C25H28ClN5O2/c1-6-16-8-9-18-12-20(25(32)31(7-2)24(18)29-22(16)27-14(3)4)19-11-10-17(13-21(19)26)23-28-15(5)33-30-23/h9-14,27H,6-8H2,1-5H3. The van der Waals surface area contributed by atoms with Crippen LogP contribution in [0.4, 0.5) is 0 Å². The molecule has 0 bridgehead atoms. The highest BCUT2D eigenvalue weighted by Gasteiger charge is 2.17. The maximum absolute atomic E-state index is 13.5. The van der Waals surface area contributed by atoms with Crippen molar-refractivity contribution in [3.05, 3.63) is 67.6 Å². The summed E-state index contributed by atoms with van der Waals surface area (Å²) >= 11 is 6.64. The van der Waals surface area contributed by atoms with Crippen LogP contribution in [-0.4, -0.2) is 20.7 Å². The first-order valence-corrected chi connectivity index (χ1v) is 11.6. The van der Waals surface area contributed by atoms with E-state index in [2.05, 4.69) is 42.3 Å². The maximum atomic E-state index is 13.5. The van der Waals surface area contributed by atoms with Gasteiger partial charge in [0, 0.05) is 46.4 Å². The molecule has 2 aromatic heterocycles. The molecule has 0 aliphatic carbocycles.